The molecule has 0 spiro atoms. The van der Waals surface area contributed by atoms with E-state index in [0.717, 1.165) is 0 Å². The summed E-state index contributed by atoms with van der Waals surface area (Å²) >= 11 is 0. The molecular weight excluding hydrogens is 180 g/mol. The van der Waals surface area contributed by atoms with E-state index in [4.69, 9.17) is 21.9 Å². The molecule has 0 saturated heterocycles. The van der Waals surface area contributed by atoms with Crippen LogP contribution in [0.2, 0.25) is 0 Å². The van der Waals surface area contributed by atoms with Gasteiger partial charge in [-0.2, -0.15) is 0 Å². The van der Waals surface area contributed by atoms with Gasteiger partial charge in [0.2, 0.25) is 0 Å². The van der Waals surface area contributed by atoms with Crippen LogP contribution >= 0.6 is 0 Å². The first-order chi connectivity index (χ1) is 6.50. The number of rotatable bonds is 3. The highest BCUT2D eigenvalue weighted by Crippen LogP contribution is 2.30. The summed E-state index contributed by atoms with van der Waals surface area (Å²) in [7, 11) is 3.79. The van der Waals surface area contributed by atoms with Gasteiger partial charge in [-0.15, -0.1) is 0 Å². The van der Waals surface area contributed by atoms with Gasteiger partial charge in [0.15, 0.2) is 0 Å². The van der Waals surface area contributed by atoms with Crippen molar-refractivity contribution in [1.29, 1.82) is 0 Å². The number of nitrogens with two attached hydrogens (primary N) is 3. The van der Waals surface area contributed by atoms with Crippen LogP contribution in [-0.4, -0.2) is 25.7 Å². The van der Waals surface area contributed by atoms with E-state index < -0.39 is 0 Å². The molecule has 0 radical (unpaired) electrons. The monoisotopic (exact) mass is 196 g/mol. The summed E-state index contributed by atoms with van der Waals surface area (Å²) in [6.45, 7) is 0.438. The fourth-order valence-corrected chi connectivity index (χ4v) is 0.988. The molecule has 0 atom stereocenters. The van der Waals surface area contributed by atoms with E-state index in [2.05, 4.69) is 0 Å². The van der Waals surface area contributed by atoms with Crippen molar-refractivity contribution < 1.29 is 4.74 Å². The molecule has 0 amide bonds. The largest absolute Gasteiger partial charge is 0.476 e. The molecule has 0 aliphatic carbocycles. The molecule has 1 aromatic rings. The van der Waals surface area contributed by atoms with Crippen LogP contribution in [0.15, 0.2) is 12.1 Å². The van der Waals surface area contributed by atoms with Gasteiger partial charge in [-0.05, 0) is 20.2 Å². The Morgan fingerprint density at radius 3 is 2.43 bits per heavy atom. The Labute approximate surface area is 83.4 Å². The first kappa shape index (κ1) is 10.5. The summed E-state index contributed by atoms with van der Waals surface area (Å²) in [5, 5.41) is 0. The van der Waals surface area contributed by atoms with Gasteiger partial charge >= 0.3 is 0 Å². The third-order valence-electron chi connectivity index (χ3n) is 1.67. The molecule has 1 aromatic carbocycles. The van der Waals surface area contributed by atoms with Crippen LogP contribution < -0.4 is 21.9 Å². The van der Waals surface area contributed by atoms with Gasteiger partial charge < -0.3 is 21.9 Å². The van der Waals surface area contributed by atoms with Crippen LogP contribution in [0.4, 0.5) is 17.1 Å². The Morgan fingerprint density at radius 2 is 1.86 bits per heavy atom. The van der Waals surface area contributed by atoms with Crippen molar-refractivity contribution >= 4 is 17.1 Å². The molecular formula is C9H16N4O. The second-order valence-corrected chi connectivity index (χ2v) is 3.38. The van der Waals surface area contributed by atoms with Gasteiger partial charge in [0.1, 0.15) is 12.5 Å². The summed E-state index contributed by atoms with van der Waals surface area (Å²) < 4.78 is 5.40. The number of anilines is 3. The number of hydrogen-bond donors (Lipinski definition) is 3. The quantitative estimate of drug-likeness (QED) is 0.479. The van der Waals surface area contributed by atoms with Gasteiger partial charge in [0.05, 0.1) is 11.4 Å². The van der Waals surface area contributed by atoms with E-state index in [0.29, 0.717) is 29.5 Å². The molecule has 0 heterocycles. The van der Waals surface area contributed by atoms with Gasteiger partial charge in [0.25, 0.3) is 0 Å². The number of benzene rings is 1. The molecule has 0 aliphatic heterocycles. The lowest BCUT2D eigenvalue weighted by molar-refractivity contribution is 0.180. The lowest BCUT2D eigenvalue weighted by Gasteiger charge is -2.14. The van der Waals surface area contributed by atoms with Crippen LogP contribution in [0.25, 0.3) is 0 Å². The minimum Gasteiger partial charge on any atom is -0.476 e. The molecule has 0 unspecified atom stereocenters. The summed E-state index contributed by atoms with van der Waals surface area (Å²) in [4.78, 5) is 1.87. The van der Waals surface area contributed by atoms with E-state index in [-0.39, 0.29) is 0 Å². The van der Waals surface area contributed by atoms with Crippen molar-refractivity contribution in [3.05, 3.63) is 12.1 Å². The average Bonchev–Trinajstić information content (AvgIpc) is 2.08. The highest BCUT2D eigenvalue weighted by molar-refractivity contribution is 5.75. The van der Waals surface area contributed by atoms with Crippen LogP contribution in [0.1, 0.15) is 0 Å². The summed E-state index contributed by atoms with van der Waals surface area (Å²) in [5.74, 6) is 0.524. The maximum atomic E-state index is 5.71. The van der Waals surface area contributed by atoms with E-state index in [1.54, 1.807) is 12.1 Å². The first-order valence-electron chi connectivity index (χ1n) is 4.22. The normalized spacial score (nSPS) is 10.5. The predicted molar refractivity (Wildman–Crippen MR) is 58.9 cm³/mol. The van der Waals surface area contributed by atoms with Crippen LogP contribution in [0.5, 0.6) is 5.75 Å². The van der Waals surface area contributed by atoms with Crippen molar-refractivity contribution in [3.8, 4) is 5.75 Å². The molecule has 5 nitrogen and oxygen atoms in total. The van der Waals surface area contributed by atoms with Crippen molar-refractivity contribution in [2.24, 2.45) is 0 Å². The van der Waals surface area contributed by atoms with E-state index in [1.807, 2.05) is 19.0 Å². The first-order valence-corrected chi connectivity index (χ1v) is 4.22. The summed E-state index contributed by atoms with van der Waals surface area (Å²) in [5.41, 5.74) is 18.4. The second kappa shape index (κ2) is 4.06. The van der Waals surface area contributed by atoms with Crippen LogP contribution in [0.3, 0.4) is 0 Å². The number of ether oxygens (including phenoxy) is 1. The van der Waals surface area contributed by atoms with Crippen molar-refractivity contribution in [3.63, 3.8) is 0 Å². The zero-order chi connectivity index (χ0) is 10.7. The SMILES string of the molecule is CN(C)COc1cc(N)cc(N)c1N. The lowest BCUT2D eigenvalue weighted by Crippen LogP contribution is -2.19. The van der Waals surface area contributed by atoms with Gasteiger partial charge in [-0.3, -0.25) is 4.90 Å². The topological polar surface area (TPSA) is 90.5 Å². The molecule has 78 valence electrons. The Kier molecular flexibility index (Phi) is 3.03. The molecule has 0 fully saturated rings. The molecule has 14 heavy (non-hydrogen) atoms. The summed E-state index contributed by atoms with van der Waals surface area (Å²) in [6, 6.07) is 3.27. The number of hydrogen-bond acceptors (Lipinski definition) is 5. The molecule has 5 heteroatoms. The van der Waals surface area contributed by atoms with Gasteiger partial charge in [-0.25, -0.2) is 0 Å². The maximum Gasteiger partial charge on any atom is 0.148 e. The molecule has 1 rings (SSSR count). The van der Waals surface area contributed by atoms with Crippen LogP contribution in [-0.2, 0) is 0 Å². The van der Waals surface area contributed by atoms with E-state index >= 15 is 0 Å². The van der Waals surface area contributed by atoms with Crippen molar-refractivity contribution in [2.45, 2.75) is 0 Å². The minimum absolute atomic E-state index is 0.432. The van der Waals surface area contributed by atoms with Gasteiger partial charge in [-0.1, -0.05) is 0 Å². The Morgan fingerprint density at radius 1 is 1.21 bits per heavy atom. The Balaban J connectivity index is 2.85. The van der Waals surface area contributed by atoms with Crippen molar-refractivity contribution in [2.75, 3.05) is 38.0 Å². The highest BCUT2D eigenvalue weighted by atomic mass is 16.5. The maximum absolute atomic E-state index is 5.71. The molecule has 0 aliphatic rings. The van der Waals surface area contributed by atoms with Gasteiger partial charge in [0, 0.05) is 11.8 Å². The van der Waals surface area contributed by atoms with Crippen LogP contribution in [0, 0.1) is 0 Å². The lowest BCUT2D eigenvalue weighted by atomic mass is 10.2. The average molecular weight is 196 g/mol. The summed E-state index contributed by atoms with van der Waals surface area (Å²) in [6.07, 6.45) is 0. The Bertz CT molecular complexity index is 325. The molecule has 0 aromatic heterocycles. The third kappa shape index (κ3) is 2.43. The molecule has 0 bridgehead atoms. The fourth-order valence-electron chi connectivity index (χ4n) is 0.988. The highest BCUT2D eigenvalue weighted by Gasteiger charge is 2.05. The van der Waals surface area contributed by atoms with E-state index in [1.165, 1.54) is 0 Å². The smallest absolute Gasteiger partial charge is 0.148 e. The minimum atomic E-state index is 0.432. The van der Waals surface area contributed by atoms with Crippen molar-refractivity contribution in [1.82, 2.24) is 4.90 Å². The second-order valence-electron chi connectivity index (χ2n) is 3.38. The van der Waals surface area contributed by atoms with E-state index in [9.17, 15) is 0 Å². The zero-order valence-corrected chi connectivity index (χ0v) is 8.45. The molecule has 0 saturated carbocycles. The predicted octanol–water partition coefficient (Wildman–Crippen LogP) is 0.331. The fraction of sp³-hybridized carbons (Fsp3) is 0.333. The number of nitrogens with zero attached hydrogens (tertiary/aromatic N) is 1. The Hall–Kier alpha value is -1.62. The molecule has 6 N–H and O–H groups in total. The standard InChI is InChI=1S/C9H16N4O/c1-13(2)5-14-8-4-6(10)3-7(11)9(8)12/h3-4H,5,10-12H2,1-2H3. The zero-order valence-electron chi connectivity index (χ0n) is 8.45. The number of nitrogen functional groups attached to an aromatic ring is 3. The third-order valence-corrected chi connectivity index (χ3v) is 1.67.